The van der Waals surface area contributed by atoms with Gasteiger partial charge >= 0.3 is 0 Å². The van der Waals surface area contributed by atoms with E-state index in [9.17, 15) is 0 Å². The number of benzene rings is 1. The molecular weight excluding hydrogens is 282 g/mol. The number of hydrogen-bond donors (Lipinski definition) is 1. The Bertz CT molecular complexity index is 385. The van der Waals surface area contributed by atoms with Gasteiger partial charge in [-0.3, -0.25) is 0 Å². The molecule has 1 saturated heterocycles. The lowest BCUT2D eigenvalue weighted by Gasteiger charge is -2.16. The number of nitrogen functional groups attached to an aromatic ring is 1. The fraction of sp³-hybridized carbons (Fsp3) is 0.538. The second kappa shape index (κ2) is 5.27. The van der Waals surface area contributed by atoms with Crippen molar-refractivity contribution in [3.63, 3.8) is 0 Å². The predicted octanol–water partition coefficient (Wildman–Crippen LogP) is 3.29. The largest absolute Gasteiger partial charge is 0.488 e. The maximum absolute atomic E-state index is 5.94. The molecule has 1 aliphatic heterocycles. The zero-order valence-electron chi connectivity index (χ0n) is 10.2. The highest BCUT2D eigenvalue weighted by Gasteiger charge is 2.22. The summed E-state index contributed by atoms with van der Waals surface area (Å²) in [4.78, 5) is 0. The molecule has 0 radical (unpaired) electrons. The molecule has 1 aromatic carbocycles. The van der Waals surface area contributed by atoms with Crippen LogP contribution in [0, 0.1) is 6.92 Å². The van der Waals surface area contributed by atoms with Gasteiger partial charge in [-0.25, -0.2) is 0 Å². The minimum atomic E-state index is 0.201. The molecule has 17 heavy (non-hydrogen) atoms. The maximum Gasteiger partial charge on any atom is 0.145 e. The molecule has 2 rings (SSSR count). The zero-order valence-corrected chi connectivity index (χ0v) is 11.8. The molecule has 2 N–H and O–H groups in total. The van der Waals surface area contributed by atoms with Crippen molar-refractivity contribution in [2.24, 2.45) is 0 Å². The third-order valence-corrected chi connectivity index (χ3v) is 3.46. The molecule has 1 aromatic rings. The summed E-state index contributed by atoms with van der Waals surface area (Å²) in [6.07, 6.45) is 2.74. The van der Waals surface area contributed by atoms with E-state index in [0.717, 1.165) is 28.6 Å². The van der Waals surface area contributed by atoms with E-state index in [2.05, 4.69) is 22.9 Å². The first-order chi connectivity index (χ1) is 8.06. The Hall–Kier alpha value is -0.740. The highest BCUT2D eigenvalue weighted by molar-refractivity contribution is 9.10. The lowest BCUT2D eigenvalue weighted by atomic mass is 10.2. The van der Waals surface area contributed by atoms with Gasteiger partial charge < -0.3 is 15.2 Å². The van der Waals surface area contributed by atoms with Crippen LogP contribution in [0.1, 0.15) is 25.3 Å². The third-order valence-electron chi connectivity index (χ3n) is 3.00. The average molecular weight is 300 g/mol. The van der Waals surface area contributed by atoms with Crippen LogP contribution in [0.2, 0.25) is 0 Å². The van der Waals surface area contributed by atoms with Crippen molar-refractivity contribution in [2.75, 3.05) is 12.3 Å². The van der Waals surface area contributed by atoms with Crippen LogP contribution < -0.4 is 10.5 Å². The Morgan fingerprint density at radius 1 is 1.47 bits per heavy atom. The Morgan fingerprint density at radius 2 is 2.24 bits per heavy atom. The van der Waals surface area contributed by atoms with E-state index in [0.29, 0.717) is 18.4 Å². The molecule has 2 unspecified atom stereocenters. The van der Waals surface area contributed by atoms with E-state index in [4.69, 9.17) is 15.2 Å². The van der Waals surface area contributed by atoms with Crippen LogP contribution in [0.25, 0.3) is 0 Å². The molecular formula is C13H18BrNO2. The molecule has 0 spiro atoms. The number of nitrogens with two attached hydrogens (primary N) is 1. The molecule has 1 heterocycles. The normalized spacial score (nSPS) is 23.9. The van der Waals surface area contributed by atoms with Crippen molar-refractivity contribution >= 4 is 21.6 Å². The van der Waals surface area contributed by atoms with Gasteiger partial charge in [0.25, 0.3) is 0 Å². The second-order valence-electron chi connectivity index (χ2n) is 4.60. The van der Waals surface area contributed by atoms with Crippen molar-refractivity contribution in [1.29, 1.82) is 0 Å². The van der Waals surface area contributed by atoms with Crippen molar-refractivity contribution in [1.82, 2.24) is 0 Å². The molecule has 1 aliphatic rings. The summed E-state index contributed by atoms with van der Waals surface area (Å²) < 4.78 is 12.5. The van der Waals surface area contributed by atoms with Crippen molar-refractivity contribution in [2.45, 2.75) is 38.9 Å². The summed E-state index contributed by atoms with van der Waals surface area (Å²) in [6.45, 7) is 4.67. The highest BCUT2D eigenvalue weighted by atomic mass is 79.9. The molecule has 0 aliphatic carbocycles. The topological polar surface area (TPSA) is 44.5 Å². The van der Waals surface area contributed by atoms with Gasteiger partial charge in [-0.15, -0.1) is 0 Å². The van der Waals surface area contributed by atoms with E-state index in [1.54, 1.807) is 0 Å². The fourth-order valence-electron chi connectivity index (χ4n) is 2.14. The number of rotatable bonds is 3. The first-order valence-corrected chi connectivity index (χ1v) is 6.69. The van der Waals surface area contributed by atoms with Crippen molar-refractivity contribution in [3.8, 4) is 5.75 Å². The first kappa shape index (κ1) is 12.7. The minimum Gasteiger partial charge on any atom is -0.488 e. The summed E-state index contributed by atoms with van der Waals surface area (Å²) >= 11 is 3.41. The summed E-state index contributed by atoms with van der Waals surface area (Å²) in [5.41, 5.74) is 7.65. The molecule has 3 nitrogen and oxygen atoms in total. The zero-order chi connectivity index (χ0) is 12.4. The Balaban J connectivity index is 1.99. The van der Waals surface area contributed by atoms with Gasteiger partial charge in [0.05, 0.1) is 17.9 Å². The highest BCUT2D eigenvalue weighted by Crippen LogP contribution is 2.31. The standard InChI is InChI=1S/C13H18BrNO2/c1-8-5-10(14)6-12(15)13(8)16-7-11-4-3-9(2)17-11/h5-6,9,11H,3-4,7,15H2,1-2H3. The van der Waals surface area contributed by atoms with Gasteiger partial charge in [0.1, 0.15) is 12.4 Å². The number of hydrogen-bond acceptors (Lipinski definition) is 3. The van der Waals surface area contributed by atoms with E-state index in [1.807, 2.05) is 19.1 Å². The summed E-state index contributed by atoms with van der Waals surface area (Å²) in [6, 6.07) is 3.87. The molecule has 0 amide bonds. The van der Waals surface area contributed by atoms with Crippen LogP contribution in [0.15, 0.2) is 16.6 Å². The van der Waals surface area contributed by atoms with E-state index >= 15 is 0 Å². The monoisotopic (exact) mass is 299 g/mol. The molecule has 4 heteroatoms. The van der Waals surface area contributed by atoms with Crippen molar-refractivity contribution < 1.29 is 9.47 Å². The molecule has 2 atom stereocenters. The van der Waals surface area contributed by atoms with Gasteiger partial charge in [0.2, 0.25) is 0 Å². The number of ether oxygens (including phenoxy) is 2. The van der Waals surface area contributed by atoms with Crippen LogP contribution in [-0.4, -0.2) is 18.8 Å². The van der Waals surface area contributed by atoms with E-state index in [1.165, 1.54) is 0 Å². The van der Waals surface area contributed by atoms with Crippen LogP contribution >= 0.6 is 15.9 Å². The lowest BCUT2D eigenvalue weighted by molar-refractivity contribution is 0.0265. The SMILES string of the molecule is Cc1cc(Br)cc(N)c1OCC1CCC(C)O1. The molecule has 1 fully saturated rings. The van der Waals surface area contributed by atoms with Gasteiger partial charge in [-0.2, -0.15) is 0 Å². The van der Waals surface area contributed by atoms with Gasteiger partial charge in [-0.1, -0.05) is 15.9 Å². The Labute approximate surface area is 110 Å². The number of anilines is 1. The smallest absolute Gasteiger partial charge is 0.145 e. The van der Waals surface area contributed by atoms with Crippen LogP contribution in [0.3, 0.4) is 0 Å². The van der Waals surface area contributed by atoms with E-state index in [-0.39, 0.29) is 6.10 Å². The van der Waals surface area contributed by atoms with Gasteiger partial charge in [-0.05, 0) is 44.4 Å². The third kappa shape index (κ3) is 3.13. The Kier molecular flexibility index (Phi) is 3.94. The predicted molar refractivity (Wildman–Crippen MR) is 72.4 cm³/mol. The van der Waals surface area contributed by atoms with Gasteiger partial charge in [0, 0.05) is 4.47 Å². The van der Waals surface area contributed by atoms with Crippen LogP contribution in [-0.2, 0) is 4.74 Å². The van der Waals surface area contributed by atoms with Crippen LogP contribution in [0.5, 0.6) is 5.75 Å². The number of halogens is 1. The second-order valence-corrected chi connectivity index (χ2v) is 5.51. The molecule has 0 aromatic heterocycles. The Morgan fingerprint density at radius 3 is 2.82 bits per heavy atom. The molecule has 0 bridgehead atoms. The summed E-state index contributed by atoms with van der Waals surface area (Å²) in [5, 5.41) is 0. The maximum atomic E-state index is 5.94. The minimum absolute atomic E-state index is 0.201. The fourth-order valence-corrected chi connectivity index (χ4v) is 2.73. The van der Waals surface area contributed by atoms with E-state index < -0.39 is 0 Å². The number of aryl methyl sites for hydroxylation is 1. The van der Waals surface area contributed by atoms with Crippen LogP contribution in [0.4, 0.5) is 5.69 Å². The first-order valence-electron chi connectivity index (χ1n) is 5.90. The summed E-state index contributed by atoms with van der Waals surface area (Å²) in [7, 11) is 0. The molecule has 94 valence electrons. The lowest BCUT2D eigenvalue weighted by Crippen LogP contribution is -2.18. The van der Waals surface area contributed by atoms with Gasteiger partial charge in [0.15, 0.2) is 0 Å². The van der Waals surface area contributed by atoms with Crippen molar-refractivity contribution in [3.05, 3.63) is 22.2 Å². The quantitative estimate of drug-likeness (QED) is 0.871. The summed E-state index contributed by atoms with van der Waals surface area (Å²) in [5.74, 6) is 0.774. The molecule has 0 saturated carbocycles. The average Bonchev–Trinajstić information content (AvgIpc) is 2.62.